The molecule has 84 valence electrons. The Bertz CT molecular complexity index is 428. The van der Waals surface area contributed by atoms with E-state index in [0.717, 1.165) is 24.2 Å². The summed E-state index contributed by atoms with van der Waals surface area (Å²) in [7, 11) is 0. The van der Waals surface area contributed by atoms with Gasteiger partial charge in [0.15, 0.2) is 0 Å². The predicted molar refractivity (Wildman–Crippen MR) is 63.2 cm³/mol. The maximum Gasteiger partial charge on any atom is 0.252 e. The molecule has 2 N–H and O–H groups in total. The number of rotatable bonds is 2. The molecule has 4 heteroatoms. The molecule has 2 heterocycles. The number of pyridine rings is 1. The molecule has 16 heavy (non-hydrogen) atoms. The minimum absolute atomic E-state index is 0.0622. The molecule has 1 aliphatic heterocycles. The van der Waals surface area contributed by atoms with E-state index >= 15 is 0 Å². The molecule has 0 aliphatic carbocycles. The van der Waals surface area contributed by atoms with Crippen molar-refractivity contribution in [3.05, 3.63) is 35.0 Å². The van der Waals surface area contributed by atoms with E-state index < -0.39 is 0 Å². The molecule has 0 saturated carbocycles. The molecule has 0 atom stereocenters. The van der Waals surface area contributed by atoms with Crippen molar-refractivity contribution >= 4 is 11.7 Å². The van der Waals surface area contributed by atoms with Gasteiger partial charge < -0.3 is 10.6 Å². The van der Waals surface area contributed by atoms with Gasteiger partial charge in [-0.05, 0) is 31.1 Å². The normalized spacial score (nSPS) is 14.2. The molecule has 4 nitrogen and oxygen atoms in total. The summed E-state index contributed by atoms with van der Waals surface area (Å²) in [6.07, 6.45) is 1.74. The van der Waals surface area contributed by atoms with E-state index in [-0.39, 0.29) is 5.91 Å². The number of amides is 1. The minimum atomic E-state index is -0.0622. The lowest BCUT2D eigenvalue weighted by Gasteiger charge is -2.21. The van der Waals surface area contributed by atoms with Crippen LogP contribution in [0.3, 0.4) is 0 Å². The molecule has 0 radical (unpaired) electrons. The fourth-order valence-electron chi connectivity index (χ4n) is 1.43. The minimum Gasteiger partial charge on any atom is -0.309 e. The van der Waals surface area contributed by atoms with Crippen molar-refractivity contribution in [1.29, 1.82) is 0 Å². The van der Waals surface area contributed by atoms with Gasteiger partial charge in [-0.2, -0.15) is 0 Å². The number of carbonyl (C=O) groups excluding carboxylic acids is 1. The molecular weight excluding hydrogens is 202 g/mol. The molecule has 2 rings (SSSR count). The molecule has 0 unspecified atom stereocenters. The van der Waals surface area contributed by atoms with Gasteiger partial charge in [-0.1, -0.05) is 6.07 Å². The summed E-state index contributed by atoms with van der Waals surface area (Å²) < 4.78 is 0. The van der Waals surface area contributed by atoms with Crippen molar-refractivity contribution in [2.75, 3.05) is 18.4 Å². The maximum atomic E-state index is 11.8. The monoisotopic (exact) mass is 217 g/mol. The highest BCUT2D eigenvalue weighted by Crippen LogP contribution is 2.11. The molecule has 1 saturated heterocycles. The number of aromatic nitrogens is 1. The summed E-state index contributed by atoms with van der Waals surface area (Å²) in [6, 6.07) is 3.74. The second-order valence-electron chi connectivity index (χ2n) is 4.01. The van der Waals surface area contributed by atoms with Crippen LogP contribution in [0.1, 0.15) is 12.5 Å². The summed E-state index contributed by atoms with van der Waals surface area (Å²) in [4.78, 5) is 15.9. The standard InChI is InChI=1S/C12H15N3O/c1-8-3-4-11(14-5-8)15-12(16)9(2)10-6-13-7-10/h3-5,13H,6-7H2,1-2H3,(H,14,15,16). The number of hydrogen-bond acceptors (Lipinski definition) is 3. The Hall–Kier alpha value is -1.68. The van der Waals surface area contributed by atoms with Gasteiger partial charge in [0.05, 0.1) is 0 Å². The maximum absolute atomic E-state index is 11.8. The lowest BCUT2D eigenvalue weighted by atomic mass is 10.0. The van der Waals surface area contributed by atoms with Crippen molar-refractivity contribution in [3.8, 4) is 0 Å². The van der Waals surface area contributed by atoms with Gasteiger partial charge in [-0.3, -0.25) is 4.79 Å². The second-order valence-corrected chi connectivity index (χ2v) is 4.01. The third kappa shape index (κ3) is 2.28. The van der Waals surface area contributed by atoms with E-state index in [4.69, 9.17) is 0 Å². The number of nitrogens with one attached hydrogen (secondary N) is 2. The first-order valence-corrected chi connectivity index (χ1v) is 5.30. The Morgan fingerprint density at radius 2 is 2.19 bits per heavy atom. The van der Waals surface area contributed by atoms with Crippen LogP contribution >= 0.6 is 0 Å². The van der Waals surface area contributed by atoms with E-state index in [2.05, 4.69) is 15.6 Å². The van der Waals surface area contributed by atoms with Gasteiger partial charge in [-0.15, -0.1) is 0 Å². The van der Waals surface area contributed by atoms with Crippen LogP contribution in [0, 0.1) is 6.92 Å². The second kappa shape index (κ2) is 4.45. The average Bonchev–Trinajstić information content (AvgIpc) is 2.19. The first-order chi connectivity index (χ1) is 7.66. The smallest absolute Gasteiger partial charge is 0.252 e. The Morgan fingerprint density at radius 3 is 2.69 bits per heavy atom. The van der Waals surface area contributed by atoms with Crippen LogP contribution in [0.5, 0.6) is 0 Å². The van der Waals surface area contributed by atoms with Crippen molar-refractivity contribution < 1.29 is 4.79 Å². The van der Waals surface area contributed by atoms with Gasteiger partial charge in [0, 0.05) is 24.9 Å². The van der Waals surface area contributed by atoms with Gasteiger partial charge >= 0.3 is 0 Å². The SMILES string of the molecule is CC(C(=O)Nc1ccc(C)cn1)=C1CNC1. The molecule has 1 aliphatic rings. The first-order valence-electron chi connectivity index (χ1n) is 5.30. The summed E-state index contributed by atoms with van der Waals surface area (Å²) >= 11 is 0. The van der Waals surface area contributed by atoms with Gasteiger partial charge in [-0.25, -0.2) is 4.98 Å². The van der Waals surface area contributed by atoms with Crippen LogP contribution in [0.15, 0.2) is 29.5 Å². The van der Waals surface area contributed by atoms with E-state index in [1.54, 1.807) is 6.20 Å². The molecule has 0 spiro atoms. The third-order valence-electron chi connectivity index (χ3n) is 2.70. The molecule has 0 aromatic carbocycles. The van der Waals surface area contributed by atoms with Gasteiger partial charge in [0.1, 0.15) is 5.82 Å². The highest BCUT2D eigenvalue weighted by Gasteiger charge is 2.16. The summed E-state index contributed by atoms with van der Waals surface area (Å²) in [6.45, 7) is 5.45. The Kier molecular flexibility index (Phi) is 3.01. The molecule has 0 bridgehead atoms. The zero-order valence-corrected chi connectivity index (χ0v) is 9.50. The first kappa shape index (κ1) is 10.8. The van der Waals surface area contributed by atoms with Crippen LogP contribution < -0.4 is 10.6 Å². The predicted octanol–water partition coefficient (Wildman–Crippen LogP) is 1.25. The Labute approximate surface area is 94.8 Å². The van der Waals surface area contributed by atoms with Crippen molar-refractivity contribution in [3.63, 3.8) is 0 Å². The zero-order chi connectivity index (χ0) is 11.5. The summed E-state index contributed by atoms with van der Waals surface area (Å²) in [5, 5.41) is 5.90. The van der Waals surface area contributed by atoms with Crippen molar-refractivity contribution in [2.45, 2.75) is 13.8 Å². The number of carbonyl (C=O) groups is 1. The highest BCUT2D eigenvalue weighted by molar-refractivity contribution is 6.03. The summed E-state index contributed by atoms with van der Waals surface area (Å²) in [5.41, 5.74) is 3.04. The van der Waals surface area contributed by atoms with E-state index in [9.17, 15) is 4.79 Å². The molecule has 1 aromatic heterocycles. The fourth-order valence-corrected chi connectivity index (χ4v) is 1.43. The molecular formula is C12H15N3O. The number of anilines is 1. The Balaban J connectivity index is 2.04. The summed E-state index contributed by atoms with van der Waals surface area (Å²) in [5.74, 6) is 0.538. The average molecular weight is 217 g/mol. The van der Waals surface area contributed by atoms with Gasteiger partial charge in [0.25, 0.3) is 5.91 Å². The van der Waals surface area contributed by atoms with Crippen molar-refractivity contribution in [1.82, 2.24) is 10.3 Å². The largest absolute Gasteiger partial charge is 0.309 e. The van der Waals surface area contributed by atoms with Crippen LogP contribution in [0.2, 0.25) is 0 Å². The number of hydrogen-bond donors (Lipinski definition) is 2. The number of aryl methyl sites for hydroxylation is 1. The lowest BCUT2D eigenvalue weighted by Crippen LogP contribution is -2.36. The van der Waals surface area contributed by atoms with Crippen LogP contribution in [0.4, 0.5) is 5.82 Å². The van der Waals surface area contributed by atoms with Crippen LogP contribution in [-0.4, -0.2) is 24.0 Å². The quantitative estimate of drug-likeness (QED) is 0.733. The zero-order valence-electron chi connectivity index (χ0n) is 9.50. The van der Waals surface area contributed by atoms with Crippen molar-refractivity contribution in [2.24, 2.45) is 0 Å². The lowest BCUT2D eigenvalue weighted by molar-refractivity contribution is -0.112. The van der Waals surface area contributed by atoms with E-state index in [1.807, 2.05) is 26.0 Å². The molecule has 1 fully saturated rings. The fraction of sp³-hybridized carbons (Fsp3) is 0.333. The van der Waals surface area contributed by atoms with Gasteiger partial charge in [0.2, 0.25) is 0 Å². The number of nitrogens with zero attached hydrogens (tertiary/aromatic N) is 1. The van der Waals surface area contributed by atoms with Crippen LogP contribution in [-0.2, 0) is 4.79 Å². The third-order valence-corrected chi connectivity index (χ3v) is 2.70. The Morgan fingerprint density at radius 1 is 1.44 bits per heavy atom. The topological polar surface area (TPSA) is 54.0 Å². The molecule has 1 amide bonds. The van der Waals surface area contributed by atoms with Crippen LogP contribution in [0.25, 0.3) is 0 Å². The highest BCUT2D eigenvalue weighted by atomic mass is 16.1. The van der Waals surface area contributed by atoms with E-state index in [0.29, 0.717) is 5.82 Å². The van der Waals surface area contributed by atoms with E-state index in [1.165, 1.54) is 5.57 Å². The molecule has 1 aromatic rings.